The van der Waals surface area contributed by atoms with Crippen molar-refractivity contribution in [2.45, 2.75) is 116 Å². The zero-order valence-corrected chi connectivity index (χ0v) is 26.8. The summed E-state index contributed by atoms with van der Waals surface area (Å²) in [5.74, 6) is 2.15. The molecule has 7 heteroatoms. The maximum absolute atomic E-state index is 14.2. The number of carbonyl (C=O) groups is 2. The van der Waals surface area contributed by atoms with Gasteiger partial charge in [-0.05, 0) is 125 Å². The third-order valence-corrected chi connectivity index (χ3v) is 12.9. The number of carbonyl (C=O) groups excluding carboxylic acids is 2. The van der Waals surface area contributed by atoms with Gasteiger partial charge in [0.2, 0.25) is 0 Å². The van der Waals surface area contributed by atoms with E-state index < -0.39 is 5.41 Å². The van der Waals surface area contributed by atoms with Gasteiger partial charge >= 0.3 is 11.9 Å². The molecule has 2 bridgehead atoms. The molecule has 8 aliphatic rings. The van der Waals surface area contributed by atoms with Gasteiger partial charge in [0, 0.05) is 23.7 Å². The van der Waals surface area contributed by atoms with Gasteiger partial charge in [-0.1, -0.05) is 38.7 Å². The average molecular weight is 605 g/mol. The minimum Gasteiger partial charge on any atom is -0.427 e. The molecule has 2 saturated carbocycles. The highest BCUT2D eigenvalue weighted by molar-refractivity contribution is 6.00. The maximum atomic E-state index is 14.2. The highest BCUT2D eigenvalue weighted by Crippen LogP contribution is 2.72. The SMILES string of the molecule is CCCC=C1OC(=O)C2=C(C(CCCO)C3CCNC(N)C3)C3CCC12C1C2=C(CCC31)C(=CC1(CC)CCCC1)OC2=O. The van der Waals surface area contributed by atoms with Crippen LogP contribution in [0.4, 0.5) is 0 Å². The molecule has 4 N–H and O–H groups in total. The first-order valence-corrected chi connectivity index (χ1v) is 17.8. The molecule has 0 aromatic carbocycles. The number of rotatable bonds is 9. The Morgan fingerprint density at radius 1 is 1.09 bits per heavy atom. The predicted octanol–water partition coefficient (Wildman–Crippen LogP) is 6.34. The molecule has 7 atom stereocenters. The second-order valence-corrected chi connectivity index (χ2v) is 14.9. The molecule has 5 aliphatic carbocycles. The number of aliphatic hydroxyl groups excluding tert-OH is 1. The van der Waals surface area contributed by atoms with Crippen molar-refractivity contribution >= 4 is 11.9 Å². The molecule has 2 saturated heterocycles. The lowest BCUT2D eigenvalue weighted by Gasteiger charge is -2.58. The van der Waals surface area contributed by atoms with Crippen molar-refractivity contribution in [3.8, 4) is 0 Å². The fourth-order valence-corrected chi connectivity index (χ4v) is 10.9. The van der Waals surface area contributed by atoms with Crippen molar-refractivity contribution in [1.29, 1.82) is 0 Å². The lowest BCUT2D eigenvalue weighted by molar-refractivity contribution is -0.135. The first-order chi connectivity index (χ1) is 21.4. The summed E-state index contributed by atoms with van der Waals surface area (Å²) < 4.78 is 12.5. The number of allylic oxidation sites excluding steroid dienone is 5. The van der Waals surface area contributed by atoms with Gasteiger partial charge in [-0.2, -0.15) is 0 Å². The third-order valence-electron chi connectivity index (χ3n) is 12.9. The van der Waals surface area contributed by atoms with Gasteiger partial charge in [0.05, 0.1) is 17.2 Å². The molecule has 3 aliphatic heterocycles. The van der Waals surface area contributed by atoms with E-state index in [-0.39, 0.29) is 53.8 Å². The Hall–Kier alpha value is -2.22. The van der Waals surface area contributed by atoms with E-state index in [1.165, 1.54) is 18.4 Å². The monoisotopic (exact) mass is 604 g/mol. The summed E-state index contributed by atoms with van der Waals surface area (Å²) in [7, 11) is 0. The van der Waals surface area contributed by atoms with Crippen molar-refractivity contribution in [3.63, 3.8) is 0 Å². The second kappa shape index (κ2) is 11.9. The largest absolute Gasteiger partial charge is 0.427 e. The molecule has 7 nitrogen and oxygen atoms in total. The smallest absolute Gasteiger partial charge is 0.340 e. The Kier molecular flexibility index (Phi) is 8.20. The van der Waals surface area contributed by atoms with Crippen LogP contribution >= 0.6 is 0 Å². The molecule has 240 valence electrons. The maximum Gasteiger partial charge on any atom is 0.340 e. The Morgan fingerprint density at radius 3 is 2.64 bits per heavy atom. The number of aliphatic hydroxyl groups is 1. The summed E-state index contributed by atoms with van der Waals surface area (Å²) >= 11 is 0. The number of esters is 2. The Morgan fingerprint density at radius 2 is 1.91 bits per heavy atom. The van der Waals surface area contributed by atoms with Crippen LogP contribution in [0.15, 0.2) is 46.0 Å². The molecule has 1 spiro atoms. The molecule has 0 aromatic heterocycles. The van der Waals surface area contributed by atoms with Crippen LogP contribution in [-0.2, 0) is 19.1 Å². The molecular formula is C37H52N2O5. The fourth-order valence-electron chi connectivity index (χ4n) is 10.9. The Bertz CT molecular complexity index is 1320. The van der Waals surface area contributed by atoms with Gasteiger partial charge in [0.15, 0.2) is 0 Å². The zero-order valence-electron chi connectivity index (χ0n) is 26.8. The van der Waals surface area contributed by atoms with Gasteiger partial charge in [-0.3, -0.25) is 0 Å². The van der Waals surface area contributed by atoms with E-state index >= 15 is 0 Å². The summed E-state index contributed by atoms with van der Waals surface area (Å²) in [5.41, 5.74) is 10.0. The minimum atomic E-state index is -0.612. The zero-order chi connectivity index (χ0) is 30.6. The first kappa shape index (κ1) is 30.4. The van der Waals surface area contributed by atoms with Gasteiger partial charge in [-0.25, -0.2) is 9.59 Å². The van der Waals surface area contributed by atoms with Crippen molar-refractivity contribution in [2.75, 3.05) is 13.2 Å². The first-order valence-electron chi connectivity index (χ1n) is 17.8. The number of nitrogens with two attached hydrogens (primary N) is 1. The van der Waals surface area contributed by atoms with Crippen LogP contribution in [-0.4, -0.2) is 36.4 Å². The standard InChI is InChI=1S/C37H52N2O5/c1-3-5-10-28-37-17-13-24(30(33(37)35(42)44-28)23(9-8-19-40)22-14-18-39-29(38)20-22)25-11-12-26-27(43-34(41)31(26)32(25)37)21-36(4-2)15-6-7-16-36/h10,21-25,29,32,39-40H,3-9,11-20,38H2,1-2H3. The predicted molar refractivity (Wildman–Crippen MR) is 168 cm³/mol. The molecule has 0 aromatic rings. The van der Waals surface area contributed by atoms with E-state index in [1.807, 2.05) is 0 Å². The Labute approximate surface area is 262 Å². The number of piperidine rings is 1. The molecule has 4 fully saturated rings. The average Bonchev–Trinajstić information content (AvgIpc) is 3.71. The van der Waals surface area contributed by atoms with Crippen LogP contribution in [0, 0.1) is 40.4 Å². The summed E-state index contributed by atoms with van der Waals surface area (Å²) in [6.07, 6.45) is 19.2. The van der Waals surface area contributed by atoms with Crippen LogP contribution in [0.25, 0.3) is 0 Å². The lowest BCUT2D eigenvalue weighted by atomic mass is 9.43. The highest BCUT2D eigenvalue weighted by Gasteiger charge is 2.69. The van der Waals surface area contributed by atoms with E-state index in [1.54, 1.807) is 0 Å². The summed E-state index contributed by atoms with van der Waals surface area (Å²) in [6, 6.07) is 0. The van der Waals surface area contributed by atoms with E-state index in [9.17, 15) is 14.7 Å². The quantitative estimate of drug-likeness (QED) is 0.263. The number of unbranched alkanes of at least 4 members (excludes halogenated alkanes) is 1. The minimum absolute atomic E-state index is 0.0545. The topological polar surface area (TPSA) is 111 Å². The van der Waals surface area contributed by atoms with Crippen molar-refractivity contribution in [3.05, 3.63) is 46.0 Å². The van der Waals surface area contributed by atoms with Crippen molar-refractivity contribution in [2.24, 2.45) is 46.2 Å². The molecule has 8 rings (SSSR count). The summed E-state index contributed by atoms with van der Waals surface area (Å²) in [6.45, 7) is 5.42. The molecule has 0 amide bonds. The summed E-state index contributed by atoms with van der Waals surface area (Å²) in [4.78, 5) is 28.2. The Balaban J connectivity index is 1.39. The number of cyclic esters (lactones) is 2. The second-order valence-electron chi connectivity index (χ2n) is 14.9. The van der Waals surface area contributed by atoms with E-state index in [0.29, 0.717) is 12.3 Å². The van der Waals surface area contributed by atoms with Crippen LogP contribution in [0.5, 0.6) is 0 Å². The van der Waals surface area contributed by atoms with Crippen LogP contribution in [0.1, 0.15) is 110 Å². The number of hydrogen-bond acceptors (Lipinski definition) is 7. The molecular weight excluding hydrogens is 552 g/mol. The fraction of sp³-hybridized carbons (Fsp3) is 0.730. The van der Waals surface area contributed by atoms with E-state index in [2.05, 4.69) is 31.3 Å². The molecule has 7 unspecified atom stereocenters. The number of nitrogens with one attached hydrogen (secondary N) is 1. The molecule has 3 heterocycles. The van der Waals surface area contributed by atoms with Gasteiger partial charge in [0.1, 0.15) is 11.5 Å². The van der Waals surface area contributed by atoms with Crippen LogP contribution in [0.3, 0.4) is 0 Å². The number of fused-ring (bicyclic) bond motifs is 1. The van der Waals surface area contributed by atoms with E-state index in [4.69, 9.17) is 15.2 Å². The van der Waals surface area contributed by atoms with E-state index in [0.717, 1.165) is 112 Å². The molecule has 44 heavy (non-hydrogen) atoms. The molecule has 0 radical (unpaired) electrons. The summed E-state index contributed by atoms with van der Waals surface area (Å²) in [5, 5.41) is 13.3. The lowest BCUT2D eigenvalue weighted by Crippen LogP contribution is -2.54. The van der Waals surface area contributed by atoms with Crippen LogP contribution in [0.2, 0.25) is 0 Å². The highest BCUT2D eigenvalue weighted by atomic mass is 16.5. The van der Waals surface area contributed by atoms with Gasteiger partial charge in [-0.15, -0.1) is 0 Å². The van der Waals surface area contributed by atoms with Crippen molar-refractivity contribution < 1.29 is 24.2 Å². The number of ether oxygens (including phenoxy) is 2. The van der Waals surface area contributed by atoms with Crippen molar-refractivity contribution in [1.82, 2.24) is 5.32 Å². The van der Waals surface area contributed by atoms with Crippen LogP contribution < -0.4 is 11.1 Å². The van der Waals surface area contributed by atoms with Gasteiger partial charge in [0.25, 0.3) is 0 Å². The number of hydrogen-bond donors (Lipinski definition) is 3. The third kappa shape index (κ3) is 4.62. The van der Waals surface area contributed by atoms with Gasteiger partial charge < -0.3 is 25.6 Å². The normalized spacial score (nSPS) is 38.2.